The monoisotopic (exact) mass is 409 g/mol. The molecule has 1 saturated heterocycles. The van der Waals surface area contributed by atoms with Gasteiger partial charge >= 0.3 is 0 Å². The Kier molecular flexibility index (Phi) is 6.84. The molecule has 0 radical (unpaired) electrons. The molecular formula is C21H23N5O4. The summed E-state index contributed by atoms with van der Waals surface area (Å²) in [5.74, 6) is -1.82. The third-order valence-electron chi connectivity index (χ3n) is 4.84. The van der Waals surface area contributed by atoms with Gasteiger partial charge in [0.1, 0.15) is 17.4 Å². The van der Waals surface area contributed by atoms with E-state index >= 15 is 0 Å². The van der Waals surface area contributed by atoms with Crippen LogP contribution in [0.2, 0.25) is 0 Å². The molecule has 2 aromatic heterocycles. The summed E-state index contributed by atoms with van der Waals surface area (Å²) in [4.78, 5) is 55.2. The second-order valence-electron chi connectivity index (χ2n) is 7.07. The maximum atomic E-state index is 12.4. The summed E-state index contributed by atoms with van der Waals surface area (Å²) < 4.78 is 0. The van der Waals surface area contributed by atoms with Gasteiger partial charge in [0, 0.05) is 18.3 Å². The van der Waals surface area contributed by atoms with Gasteiger partial charge in [-0.1, -0.05) is 12.1 Å². The van der Waals surface area contributed by atoms with Gasteiger partial charge in [0.15, 0.2) is 0 Å². The van der Waals surface area contributed by atoms with Crippen LogP contribution in [0.5, 0.6) is 0 Å². The Morgan fingerprint density at radius 2 is 1.93 bits per heavy atom. The molecule has 3 heterocycles. The molecule has 2 aromatic rings. The number of aryl methyl sites for hydroxylation is 2. The van der Waals surface area contributed by atoms with E-state index in [9.17, 15) is 19.2 Å². The number of amides is 4. The minimum Gasteiger partial charge on any atom is -0.364 e. The number of nitrogens with zero attached hydrogens (tertiary/aromatic N) is 2. The van der Waals surface area contributed by atoms with Crippen LogP contribution in [0.3, 0.4) is 0 Å². The lowest BCUT2D eigenvalue weighted by atomic mass is 10.0. The van der Waals surface area contributed by atoms with E-state index in [0.29, 0.717) is 18.5 Å². The zero-order valence-corrected chi connectivity index (χ0v) is 16.4. The fourth-order valence-electron chi connectivity index (χ4n) is 3.29. The average Bonchev–Trinajstić information content (AvgIpc) is 2.73. The molecule has 1 aliphatic heterocycles. The molecule has 156 valence electrons. The first-order valence-corrected chi connectivity index (χ1v) is 9.78. The highest BCUT2D eigenvalue weighted by molar-refractivity contribution is 6.03. The van der Waals surface area contributed by atoms with Gasteiger partial charge in [0.25, 0.3) is 11.8 Å². The number of unbranched alkanes of at least 4 members (excludes halogenated alkanes) is 1. The minimum absolute atomic E-state index is 0.193. The first-order valence-electron chi connectivity index (χ1n) is 9.78. The third kappa shape index (κ3) is 5.47. The molecular weight excluding hydrogens is 386 g/mol. The van der Waals surface area contributed by atoms with Crippen molar-refractivity contribution < 1.29 is 19.2 Å². The predicted octanol–water partition coefficient (Wildman–Crippen LogP) is 0.676. The SMILES string of the molecule is NC(=O)c1ncccc1CCCCc1cccc(C(=O)NC2CCC(=O)NC2=O)n1. The molecule has 1 unspecified atom stereocenters. The molecule has 3 rings (SSSR count). The van der Waals surface area contributed by atoms with Crippen molar-refractivity contribution in [1.82, 2.24) is 20.6 Å². The van der Waals surface area contributed by atoms with E-state index in [-0.39, 0.29) is 24.4 Å². The summed E-state index contributed by atoms with van der Waals surface area (Å²) in [6, 6.07) is 8.04. The molecule has 30 heavy (non-hydrogen) atoms. The number of piperidine rings is 1. The van der Waals surface area contributed by atoms with E-state index < -0.39 is 23.8 Å². The second-order valence-corrected chi connectivity index (χ2v) is 7.07. The standard InChI is InChI=1S/C21H23N5O4/c22-19(28)18-13(6-4-12-23-18)5-1-2-7-14-8-3-9-15(24-14)20(29)25-16-10-11-17(27)26-21(16)30/h3-4,6,8-9,12,16H,1-2,5,7,10-11H2,(H2,22,28)(H,25,29)(H,26,27,30). The van der Waals surface area contributed by atoms with Gasteiger partial charge < -0.3 is 11.1 Å². The average molecular weight is 409 g/mol. The first-order chi connectivity index (χ1) is 14.4. The highest BCUT2D eigenvalue weighted by Crippen LogP contribution is 2.12. The van der Waals surface area contributed by atoms with Crippen molar-refractivity contribution in [2.75, 3.05) is 0 Å². The number of pyridine rings is 2. The van der Waals surface area contributed by atoms with Crippen LogP contribution >= 0.6 is 0 Å². The van der Waals surface area contributed by atoms with Crippen molar-refractivity contribution in [3.8, 4) is 0 Å². The number of hydrogen-bond donors (Lipinski definition) is 3. The van der Waals surface area contributed by atoms with Crippen molar-refractivity contribution >= 4 is 23.6 Å². The number of rotatable bonds is 8. The fraction of sp³-hybridized carbons (Fsp3) is 0.333. The van der Waals surface area contributed by atoms with Gasteiger partial charge in [0.05, 0.1) is 0 Å². The van der Waals surface area contributed by atoms with Crippen molar-refractivity contribution in [2.24, 2.45) is 5.73 Å². The Morgan fingerprint density at radius 3 is 2.70 bits per heavy atom. The lowest BCUT2D eigenvalue weighted by Crippen LogP contribution is -2.52. The molecule has 4 amide bonds. The van der Waals surface area contributed by atoms with Crippen LogP contribution in [0.1, 0.15) is 57.9 Å². The molecule has 0 spiro atoms. The zero-order chi connectivity index (χ0) is 21.5. The molecule has 0 aromatic carbocycles. The van der Waals surface area contributed by atoms with Crippen LogP contribution in [0.15, 0.2) is 36.5 Å². The Bertz CT molecular complexity index is 975. The van der Waals surface area contributed by atoms with Crippen LogP contribution in [0, 0.1) is 0 Å². The largest absolute Gasteiger partial charge is 0.364 e. The number of hydrogen-bond acceptors (Lipinski definition) is 6. The Balaban J connectivity index is 1.52. The quantitative estimate of drug-likeness (QED) is 0.432. The van der Waals surface area contributed by atoms with Gasteiger partial charge in [-0.25, -0.2) is 4.98 Å². The van der Waals surface area contributed by atoms with E-state index in [1.165, 1.54) is 0 Å². The van der Waals surface area contributed by atoms with Crippen LogP contribution in [0.4, 0.5) is 0 Å². The van der Waals surface area contributed by atoms with Crippen molar-refractivity contribution in [3.63, 3.8) is 0 Å². The topological polar surface area (TPSA) is 144 Å². The van der Waals surface area contributed by atoms with E-state index in [1.807, 2.05) is 12.1 Å². The Hall–Kier alpha value is -3.62. The maximum Gasteiger partial charge on any atom is 0.270 e. The first kappa shape index (κ1) is 21.1. The predicted molar refractivity (Wildman–Crippen MR) is 107 cm³/mol. The number of imide groups is 1. The van der Waals surface area contributed by atoms with Crippen molar-refractivity contribution in [1.29, 1.82) is 0 Å². The van der Waals surface area contributed by atoms with Gasteiger partial charge in [0.2, 0.25) is 11.8 Å². The number of nitrogens with two attached hydrogens (primary N) is 1. The highest BCUT2D eigenvalue weighted by atomic mass is 16.2. The van der Waals surface area contributed by atoms with Crippen molar-refractivity contribution in [2.45, 2.75) is 44.6 Å². The van der Waals surface area contributed by atoms with Crippen LogP contribution in [-0.4, -0.2) is 39.6 Å². The molecule has 0 aliphatic carbocycles. The van der Waals surface area contributed by atoms with E-state index in [1.54, 1.807) is 24.4 Å². The van der Waals surface area contributed by atoms with Gasteiger partial charge in [-0.05, 0) is 55.9 Å². The summed E-state index contributed by atoms with van der Waals surface area (Å²) >= 11 is 0. The lowest BCUT2D eigenvalue weighted by Gasteiger charge is -2.21. The molecule has 4 N–H and O–H groups in total. The highest BCUT2D eigenvalue weighted by Gasteiger charge is 2.28. The van der Waals surface area contributed by atoms with Gasteiger partial charge in [-0.15, -0.1) is 0 Å². The number of carbonyl (C=O) groups excluding carboxylic acids is 4. The summed E-state index contributed by atoms with van der Waals surface area (Å²) in [7, 11) is 0. The summed E-state index contributed by atoms with van der Waals surface area (Å²) in [5, 5.41) is 4.83. The number of aromatic nitrogens is 2. The van der Waals surface area contributed by atoms with Crippen LogP contribution in [0.25, 0.3) is 0 Å². The number of nitrogens with one attached hydrogen (secondary N) is 2. The Morgan fingerprint density at radius 1 is 1.13 bits per heavy atom. The second kappa shape index (κ2) is 9.73. The van der Waals surface area contributed by atoms with Crippen LogP contribution in [-0.2, 0) is 22.4 Å². The lowest BCUT2D eigenvalue weighted by molar-refractivity contribution is -0.134. The summed E-state index contributed by atoms with van der Waals surface area (Å²) in [6.07, 6.45) is 4.95. The van der Waals surface area contributed by atoms with Gasteiger partial charge in [-0.2, -0.15) is 0 Å². The fourth-order valence-corrected chi connectivity index (χ4v) is 3.29. The Labute approximate surface area is 173 Å². The number of primary amides is 1. The van der Waals surface area contributed by atoms with Crippen molar-refractivity contribution in [3.05, 3.63) is 59.2 Å². The van der Waals surface area contributed by atoms with E-state index in [4.69, 9.17) is 5.73 Å². The molecule has 1 fully saturated rings. The number of carbonyl (C=O) groups is 4. The zero-order valence-electron chi connectivity index (χ0n) is 16.4. The smallest absolute Gasteiger partial charge is 0.270 e. The van der Waals surface area contributed by atoms with Crippen LogP contribution < -0.4 is 16.4 Å². The molecule has 9 heteroatoms. The molecule has 1 atom stereocenters. The third-order valence-corrected chi connectivity index (χ3v) is 4.84. The molecule has 1 aliphatic rings. The maximum absolute atomic E-state index is 12.4. The summed E-state index contributed by atoms with van der Waals surface area (Å²) in [5.41, 5.74) is 7.44. The minimum atomic E-state index is -0.736. The summed E-state index contributed by atoms with van der Waals surface area (Å²) in [6.45, 7) is 0. The molecule has 0 bridgehead atoms. The molecule has 9 nitrogen and oxygen atoms in total. The van der Waals surface area contributed by atoms with Gasteiger partial charge in [-0.3, -0.25) is 29.5 Å². The van der Waals surface area contributed by atoms with E-state index in [0.717, 1.165) is 24.1 Å². The normalized spacial score (nSPS) is 16.1. The molecule has 0 saturated carbocycles. The van der Waals surface area contributed by atoms with E-state index in [2.05, 4.69) is 20.6 Å².